The summed E-state index contributed by atoms with van der Waals surface area (Å²) >= 11 is 0. The first kappa shape index (κ1) is 26.9. The molecule has 7 heteroatoms. The largest absolute Gasteiger partial charge is 0.487 e. The average molecular weight is 527 g/mol. The van der Waals surface area contributed by atoms with Crippen LogP contribution in [-0.2, 0) is 24.4 Å². The Morgan fingerprint density at radius 1 is 1.08 bits per heavy atom. The normalized spacial score (nSPS) is 14.8. The van der Waals surface area contributed by atoms with Crippen molar-refractivity contribution in [2.45, 2.75) is 58.2 Å². The Kier molecular flexibility index (Phi) is 8.00. The van der Waals surface area contributed by atoms with Gasteiger partial charge in [-0.2, -0.15) is 5.10 Å². The molecule has 0 unspecified atom stereocenters. The third kappa shape index (κ3) is 6.00. The zero-order valence-corrected chi connectivity index (χ0v) is 23.1. The number of aromatic nitrogens is 2. The molecule has 204 valence electrons. The number of carboxylic acids is 1. The van der Waals surface area contributed by atoms with Crippen LogP contribution in [0.2, 0.25) is 0 Å². The molecule has 5 rings (SSSR count). The highest BCUT2D eigenvalue weighted by Crippen LogP contribution is 2.34. The molecule has 0 saturated carbocycles. The van der Waals surface area contributed by atoms with E-state index in [0.717, 1.165) is 53.7 Å². The summed E-state index contributed by atoms with van der Waals surface area (Å²) in [5.74, 6) is 0.236. The van der Waals surface area contributed by atoms with Gasteiger partial charge in [-0.1, -0.05) is 36.4 Å². The summed E-state index contributed by atoms with van der Waals surface area (Å²) in [5.41, 5.74) is 13.5. The van der Waals surface area contributed by atoms with Crippen LogP contribution in [0, 0.1) is 0 Å². The lowest BCUT2D eigenvalue weighted by Crippen LogP contribution is -2.29. The molecule has 1 aliphatic heterocycles. The van der Waals surface area contributed by atoms with Gasteiger partial charge in [-0.05, 0) is 99.3 Å². The Labute approximate surface area is 230 Å². The SMILES string of the molecule is CC(C)n1nc(COc2ccccc2CC(=O)O)c2cc(-c3cc(CN)cc(C4CCN(C)CC4)c3)ccc21. The molecule has 0 amide bonds. The van der Waals surface area contributed by atoms with Gasteiger partial charge < -0.3 is 20.5 Å². The predicted molar refractivity (Wildman–Crippen MR) is 155 cm³/mol. The summed E-state index contributed by atoms with van der Waals surface area (Å²) in [5, 5.41) is 15.2. The van der Waals surface area contributed by atoms with Gasteiger partial charge >= 0.3 is 5.97 Å². The second-order valence-corrected chi connectivity index (χ2v) is 10.9. The van der Waals surface area contributed by atoms with E-state index in [1.807, 2.05) is 22.9 Å². The fourth-order valence-electron chi connectivity index (χ4n) is 5.56. The molecule has 1 aromatic heterocycles. The molecule has 1 fully saturated rings. The van der Waals surface area contributed by atoms with E-state index in [0.29, 0.717) is 23.8 Å². The lowest BCUT2D eigenvalue weighted by Gasteiger charge is -2.29. The molecule has 7 nitrogen and oxygen atoms in total. The maximum absolute atomic E-state index is 11.3. The lowest BCUT2D eigenvalue weighted by molar-refractivity contribution is -0.136. The summed E-state index contributed by atoms with van der Waals surface area (Å²) < 4.78 is 8.18. The van der Waals surface area contributed by atoms with Gasteiger partial charge in [-0.25, -0.2) is 0 Å². The van der Waals surface area contributed by atoms with Crippen molar-refractivity contribution in [1.29, 1.82) is 0 Å². The van der Waals surface area contributed by atoms with Crippen molar-refractivity contribution in [3.8, 4) is 16.9 Å². The highest BCUT2D eigenvalue weighted by Gasteiger charge is 2.20. The third-order valence-corrected chi connectivity index (χ3v) is 7.72. The number of carbonyl (C=O) groups is 1. The van der Waals surface area contributed by atoms with Crippen LogP contribution in [0.15, 0.2) is 60.7 Å². The number of hydrogen-bond acceptors (Lipinski definition) is 5. The molecule has 3 aromatic carbocycles. The van der Waals surface area contributed by atoms with E-state index >= 15 is 0 Å². The minimum atomic E-state index is -0.885. The molecule has 1 aliphatic rings. The number of rotatable bonds is 9. The van der Waals surface area contributed by atoms with Gasteiger partial charge in [-0.15, -0.1) is 0 Å². The van der Waals surface area contributed by atoms with Gasteiger partial charge in [0.1, 0.15) is 18.1 Å². The van der Waals surface area contributed by atoms with Crippen LogP contribution in [0.4, 0.5) is 0 Å². The monoisotopic (exact) mass is 526 g/mol. The van der Waals surface area contributed by atoms with Crippen LogP contribution < -0.4 is 10.5 Å². The van der Waals surface area contributed by atoms with Crippen LogP contribution in [0.1, 0.15) is 61.0 Å². The Morgan fingerprint density at radius 2 is 1.85 bits per heavy atom. The van der Waals surface area contributed by atoms with Gasteiger partial charge in [0.2, 0.25) is 0 Å². The van der Waals surface area contributed by atoms with E-state index in [9.17, 15) is 9.90 Å². The quantitative estimate of drug-likeness (QED) is 0.288. The van der Waals surface area contributed by atoms with Crippen LogP contribution >= 0.6 is 0 Å². The number of nitrogens with two attached hydrogens (primary N) is 1. The number of nitrogens with zero attached hydrogens (tertiary/aromatic N) is 3. The number of carboxylic acid groups (broad SMARTS) is 1. The number of aliphatic carboxylic acids is 1. The fraction of sp³-hybridized carbons (Fsp3) is 0.375. The molecular formula is C32H38N4O3. The van der Waals surface area contributed by atoms with Gasteiger partial charge in [0.25, 0.3) is 0 Å². The Balaban J connectivity index is 1.50. The standard InChI is InChI=1S/C32H38N4O3/c1-21(2)36-30-9-8-24(27-15-22(19-33)14-26(16-27)23-10-12-35(3)13-11-23)17-28(30)29(34-36)20-39-31-7-5-4-6-25(31)18-32(37)38/h4-9,14-17,21,23H,10-13,18-20,33H2,1-3H3,(H,37,38). The van der Waals surface area contributed by atoms with Crippen molar-refractivity contribution in [3.63, 3.8) is 0 Å². The smallest absolute Gasteiger partial charge is 0.307 e. The predicted octanol–water partition coefficient (Wildman–Crippen LogP) is 5.76. The molecule has 2 heterocycles. The second kappa shape index (κ2) is 11.6. The van der Waals surface area contributed by atoms with Crippen molar-refractivity contribution < 1.29 is 14.6 Å². The second-order valence-electron chi connectivity index (χ2n) is 10.9. The van der Waals surface area contributed by atoms with Crippen molar-refractivity contribution in [3.05, 3.63) is 83.0 Å². The number of ether oxygens (including phenoxy) is 1. The molecule has 0 radical (unpaired) electrons. The molecule has 1 saturated heterocycles. The van der Waals surface area contributed by atoms with Gasteiger partial charge in [0.15, 0.2) is 0 Å². The molecule has 39 heavy (non-hydrogen) atoms. The Bertz CT molecular complexity index is 1470. The summed E-state index contributed by atoms with van der Waals surface area (Å²) in [4.78, 5) is 13.7. The third-order valence-electron chi connectivity index (χ3n) is 7.72. The van der Waals surface area contributed by atoms with Gasteiger partial charge in [0, 0.05) is 23.5 Å². The number of piperidine rings is 1. The molecule has 4 aromatic rings. The minimum Gasteiger partial charge on any atom is -0.487 e. The summed E-state index contributed by atoms with van der Waals surface area (Å²) in [6.45, 7) is 7.23. The Hall–Kier alpha value is -3.68. The van der Waals surface area contributed by atoms with Crippen molar-refractivity contribution in [1.82, 2.24) is 14.7 Å². The van der Waals surface area contributed by atoms with Gasteiger partial charge in [-0.3, -0.25) is 9.48 Å². The summed E-state index contributed by atoms with van der Waals surface area (Å²) in [6, 6.07) is 20.8. The van der Waals surface area contributed by atoms with E-state index < -0.39 is 5.97 Å². The summed E-state index contributed by atoms with van der Waals surface area (Å²) in [6.07, 6.45) is 2.24. The van der Waals surface area contributed by atoms with E-state index in [1.54, 1.807) is 6.07 Å². The summed E-state index contributed by atoms with van der Waals surface area (Å²) in [7, 11) is 2.19. The van der Waals surface area contributed by atoms with E-state index in [4.69, 9.17) is 15.6 Å². The first-order valence-electron chi connectivity index (χ1n) is 13.8. The number of hydrogen-bond donors (Lipinski definition) is 2. The average Bonchev–Trinajstić information content (AvgIpc) is 3.30. The molecule has 3 N–H and O–H groups in total. The topological polar surface area (TPSA) is 93.6 Å². The van der Waals surface area contributed by atoms with Crippen LogP contribution in [0.25, 0.3) is 22.0 Å². The number of fused-ring (bicyclic) bond motifs is 1. The van der Waals surface area contributed by atoms with Crippen molar-refractivity contribution in [2.24, 2.45) is 5.73 Å². The molecule has 0 spiro atoms. The number of likely N-dealkylation sites (tertiary alicyclic amines) is 1. The minimum absolute atomic E-state index is 0.0847. The maximum Gasteiger partial charge on any atom is 0.307 e. The molecule has 0 aliphatic carbocycles. The maximum atomic E-state index is 11.3. The lowest BCUT2D eigenvalue weighted by atomic mass is 9.86. The molecule has 0 bridgehead atoms. The molecule has 0 atom stereocenters. The highest BCUT2D eigenvalue weighted by atomic mass is 16.5. The number of benzene rings is 3. The number of para-hydroxylation sites is 1. The first-order chi connectivity index (χ1) is 18.8. The van der Waals surface area contributed by atoms with E-state index in [2.05, 4.69) is 62.2 Å². The van der Waals surface area contributed by atoms with Crippen LogP contribution in [-0.4, -0.2) is 45.9 Å². The van der Waals surface area contributed by atoms with Crippen LogP contribution in [0.5, 0.6) is 5.75 Å². The van der Waals surface area contributed by atoms with E-state index in [1.165, 1.54) is 11.1 Å². The zero-order chi connectivity index (χ0) is 27.5. The molecular weight excluding hydrogens is 488 g/mol. The first-order valence-corrected chi connectivity index (χ1v) is 13.8. The van der Waals surface area contributed by atoms with E-state index in [-0.39, 0.29) is 19.1 Å². The fourth-order valence-corrected chi connectivity index (χ4v) is 5.56. The van der Waals surface area contributed by atoms with Gasteiger partial charge in [0.05, 0.1) is 11.9 Å². The highest BCUT2D eigenvalue weighted by molar-refractivity contribution is 5.87. The van der Waals surface area contributed by atoms with Crippen molar-refractivity contribution in [2.75, 3.05) is 20.1 Å². The Morgan fingerprint density at radius 3 is 2.56 bits per heavy atom. The van der Waals surface area contributed by atoms with Crippen LogP contribution in [0.3, 0.4) is 0 Å². The zero-order valence-electron chi connectivity index (χ0n) is 23.1. The van der Waals surface area contributed by atoms with Crippen molar-refractivity contribution >= 4 is 16.9 Å².